The second-order valence-corrected chi connectivity index (χ2v) is 6.88. The molecule has 7 nitrogen and oxygen atoms in total. The zero-order valence-electron chi connectivity index (χ0n) is 17.0. The minimum Gasteiger partial charge on any atom is -0.494 e. The van der Waals surface area contributed by atoms with Crippen molar-refractivity contribution in [1.29, 1.82) is 0 Å². The van der Waals surface area contributed by atoms with Gasteiger partial charge in [0.2, 0.25) is 0 Å². The van der Waals surface area contributed by atoms with Gasteiger partial charge in [-0.3, -0.25) is 9.78 Å². The number of carbonyl (C=O) groups is 1. The van der Waals surface area contributed by atoms with Gasteiger partial charge in [-0.25, -0.2) is 4.39 Å². The van der Waals surface area contributed by atoms with Gasteiger partial charge in [-0.1, -0.05) is 11.2 Å². The van der Waals surface area contributed by atoms with E-state index in [0.717, 1.165) is 16.8 Å². The Bertz CT molecular complexity index is 1050. The predicted molar refractivity (Wildman–Crippen MR) is 108 cm³/mol. The maximum absolute atomic E-state index is 13.8. The number of carbonyl (C=O) groups excluding carboxylic acids is 1. The Morgan fingerprint density at radius 1 is 1.28 bits per heavy atom. The van der Waals surface area contributed by atoms with Crippen LogP contribution in [0.3, 0.4) is 0 Å². The van der Waals surface area contributed by atoms with Gasteiger partial charge in [-0.05, 0) is 43.2 Å². The monoisotopic (exact) mass is 398 g/mol. The number of anilines is 1. The van der Waals surface area contributed by atoms with E-state index in [1.165, 1.54) is 25.3 Å². The van der Waals surface area contributed by atoms with Crippen LogP contribution < -0.4 is 15.0 Å². The summed E-state index contributed by atoms with van der Waals surface area (Å²) in [7, 11) is 4.90. The van der Waals surface area contributed by atoms with Gasteiger partial charge in [-0.15, -0.1) is 0 Å². The van der Waals surface area contributed by atoms with Crippen molar-refractivity contribution in [3.8, 4) is 17.1 Å². The molecule has 1 N–H and O–H groups in total. The molecular weight excluding hydrogens is 375 g/mol. The molecule has 1 aromatic carbocycles. The molecule has 8 heteroatoms. The lowest BCUT2D eigenvalue weighted by Crippen LogP contribution is -2.25. The quantitative estimate of drug-likeness (QED) is 0.685. The van der Waals surface area contributed by atoms with Gasteiger partial charge in [0.05, 0.1) is 7.11 Å². The third-order valence-corrected chi connectivity index (χ3v) is 4.59. The summed E-state index contributed by atoms with van der Waals surface area (Å²) in [5, 5.41) is 6.90. The van der Waals surface area contributed by atoms with E-state index in [4.69, 9.17) is 9.26 Å². The van der Waals surface area contributed by atoms with Crippen LogP contribution in [0.15, 0.2) is 35.0 Å². The Kier molecular flexibility index (Phi) is 5.81. The van der Waals surface area contributed by atoms with E-state index in [2.05, 4.69) is 15.5 Å². The molecule has 0 aliphatic heterocycles. The highest BCUT2D eigenvalue weighted by atomic mass is 19.1. The van der Waals surface area contributed by atoms with E-state index in [1.807, 2.05) is 19.9 Å². The van der Waals surface area contributed by atoms with E-state index in [1.54, 1.807) is 25.2 Å². The average molecular weight is 398 g/mol. The van der Waals surface area contributed by atoms with Crippen LogP contribution in [0.25, 0.3) is 11.3 Å². The molecule has 2 aromatic heterocycles. The molecule has 0 radical (unpaired) electrons. The van der Waals surface area contributed by atoms with Crippen molar-refractivity contribution in [3.05, 3.63) is 58.7 Å². The van der Waals surface area contributed by atoms with E-state index in [-0.39, 0.29) is 23.0 Å². The fourth-order valence-corrected chi connectivity index (χ4v) is 2.86. The number of halogens is 1. The number of benzene rings is 1. The smallest absolute Gasteiger partial charge is 0.259 e. The number of aromatic nitrogens is 2. The van der Waals surface area contributed by atoms with Crippen LogP contribution >= 0.6 is 0 Å². The molecule has 0 saturated heterocycles. The maximum Gasteiger partial charge on any atom is 0.259 e. The largest absolute Gasteiger partial charge is 0.494 e. The number of hydrogen-bond donors (Lipinski definition) is 1. The van der Waals surface area contributed by atoms with Crippen molar-refractivity contribution in [2.45, 2.75) is 20.4 Å². The Hall–Kier alpha value is -3.42. The molecule has 0 aliphatic carbocycles. The van der Waals surface area contributed by atoms with Crippen molar-refractivity contribution >= 4 is 11.7 Å². The Labute approximate surface area is 168 Å². The standard InChI is InChI=1S/C21H23FN4O3/c1-12-8-14(10-23-13(12)2)11-24-21(27)18-19(29-25-20(18)26(3)4)15-6-7-16(22)17(9-15)28-5/h6-10H,11H2,1-5H3,(H,24,27). The van der Waals surface area contributed by atoms with E-state index < -0.39 is 5.82 Å². The number of methoxy groups -OCH3 is 1. The lowest BCUT2D eigenvalue weighted by Gasteiger charge is -2.12. The molecular formula is C21H23FN4O3. The fourth-order valence-electron chi connectivity index (χ4n) is 2.86. The molecule has 29 heavy (non-hydrogen) atoms. The summed E-state index contributed by atoms with van der Waals surface area (Å²) in [6.45, 7) is 4.20. The van der Waals surface area contributed by atoms with Gasteiger partial charge < -0.3 is 19.5 Å². The first-order chi connectivity index (χ1) is 13.8. The van der Waals surface area contributed by atoms with Crippen molar-refractivity contribution in [1.82, 2.24) is 15.5 Å². The highest BCUT2D eigenvalue weighted by Crippen LogP contribution is 2.33. The van der Waals surface area contributed by atoms with Gasteiger partial charge in [0, 0.05) is 38.1 Å². The molecule has 0 unspecified atom stereocenters. The summed E-state index contributed by atoms with van der Waals surface area (Å²) in [5.74, 6) is -0.192. The van der Waals surface area contributed by atoms with E-state index >= 15 is 0 Å². The van der Waals surface area contributed by atoms with Crippen LogP contribution in [0.4, 0.5) is 10.2 Å². The van der Waals surface area contributed by atoms with Crippen LogP contribution in [0.5, 0.6) is 5.75 Å². The minimum atomic E-state index is -0.503. The Morgan fingerprint density at radius 2 is 2.03 bits per heavy atom. The lowest BCUT2D eigenvalue weighted by atomic mass is 10.1. The SMILES string of the molecule is COc1cc(-c2onc(N(C)C)c2C(=O)NCc2cnc(C)c(C)c2)ccc1F. The molecule has 0 spiro atoms. The predicted octanol–water partition coefficient (Wildman–Crippen LogP) is 3.50. The number of aryl methyl sites for hydroxylation is 2. The summed E-state index contributed by atoms with van der Waals surface area (Å²) in [4.78, 5) is 19.0. The summed E-state index contributed by atoms with van der Waals surface area (Å²) in [6.07, 6.45) is 1.73. The molecule has 2 heterocycles. The first-order valence-corrected chi connectivity index (χ1v) is 9.03. The minimum absolute atomic E-state index is 0.0536. The second kappa shape index (κ2) is 8.30. The number of pyridine rings is 1. The number of nitrogens with zero attached hydrogens (tertiary/aromatic N) is 3. The zero-order valence-corrected chi connectivity index (χ0v) is 17.0. The van der Waals surface area contributed by atoms with Gasteiger partial charge in [0.1, 0.15) is 5.56 Å². The first-order valence-electron chi connectivity index (χ1n) is 9.03. The fraction of sp³-hybridized carbons (Fsp3) is 0.286. The second-order valence-electron chi connectivity index (χ2n) is 6.88. The molecule has 0 atom stereocenters. The number of ether oxygens (including phenoxy) is 1. The molecule has 0 saturated carbocycles. The molecule has 3 aromatic rings. The van der Waals surface area contributed by atoms with E-state index in [0.29, 0.717) is 17.9 Å². The van der Waals surface area contributed by atoms with Crippen molar-refractivity contribution in [2.75, 3.05) is 26.1 Å². The number of rotatable bonds is 6. The third kappa shape index (κ3) is 4.21. The van der Waals surface area contributed by atoms with Crippen molar-refractivity contribution in [3.63, 3.8) is 0 Å². The Balaban J connectivity index is 1.93. The van der Waals surface area contributed by atoms with Crippen molar-refractivity contribution < 1.29 is 18.4 Å². The molecule has 0 aliphatic rings. The van der Waals surface area contributed by atoms with E-state index in [9.17, 15) is 9.18 Å². The third-order valence-electron chi connectivity index (χ3n) is 4.59. The van der Waals surface area contributed by atoms with Gasteiger partial charge in [-0.2, -0.15) is 0 Å². The summed E-state index contributed by atoms with van der Waals surface area (Å²) in [6, 6.07) is 6.23. The van der Waals surface area contributed by atoms with Crippen LogP contribution in [0.2, 0.25) is 0 Å². The summed E-state index contributed by atoms with van der Waals surface area (Å²) in [5.41, 5.74) is 3.63. The molecule has 152 valence electrons. The number of amides is 1. The highest BCUT2D eigenvalue weighted by Gasteiger charge is 2.26. The molecule has 3 rings (SSSR count). The molecule has 0 bridgehead atoms. The average Bonchev–Trinajstić information content (AvgIpc) is 3.14. The van der Waals surface area contributed by atoms with Crippen LogP contribution in [0.1, 0.15) is 27.2 Å². The first kappa shape index (κ1) is 20.3. The Morgan fingerprint density at radius 3 is 2.69 bits per heavy atom. The summed E-state index contributed by atoms with van der Waals surface area (Å²) >= 11 is 0. The summed E-state index contributed by atoms with van der Waals surface area (Å²) < 4.78 is 24.3. The molecule has 0 fully saturated rings. The molecule has 1 amide bonds. The maximum atomic E-state index is 13.8. The van der Waals surface area contributed by atoms with Crippen LogP contribution in [-0.2, 0) is 6.54 Å². The van der Waals surface area contributed by atoms with Crippen LogP contribution in [-0.4, -0.2) is 37.3 Å². The van der Waals surface area contributed by atoms with Crippen molar-refractivity contribution in [2.24, 2.45) is 0 Å². The van der Waals surface area contributed by atoms with Crippen LogP contribution in [0, 0.1) is 19.7 Å². The van der Waals surface area contributed by atoms with Gasteiger partial charge in [0.25, 0.3) is 5.91 Å². The lowest BCUT2D eigenvalue weighted by molar-refractivity contribution is 0.0951. The van der Waals surface area contributed by atoms with Gasteiger partial charge >= 0.3 is 0 Å². The zero-order chi connectivity index (χ0) is 21.1. The normalized spacial score (nSPS) is 10.7. The number of hydrogen-bond acceptors (Lipinski definition) is 6. The number of nitrogens with one attached hydrogen (secondary N) is 1. The highest BCUT2D eigenvalue weighted by molar-refractivity contribution is 6.04. The topological polar surface area (TPSA) is 80.5 Å². The van der Waals surface area contributed by atoms with Gasteiger partial charge in [0.15, 0.2) is 23.1 Å².